The topological polar surface area (TPSA) is 77.8 Å². The molecule has 0 amide bonds. The van der Waals surface area contributed by atoms with Crippen LogP contribution in [0, 0.1) is 46.3 Å². The van der Waals surface area contributed by atoms with Gasteiger partial charge in [-0.25, -0.2) is 0 Å². The molecule has 4 heteroatoms. The summed E-state index contributed by atoms with van der Waals surface area (Å²) in [6, 6.07) is 0. The van der Waals surface area contributed by atoms with Crippen molar-refractivity contribution in [3.8, 4) is 0 Å². The Hall–Kier alpha value is -0.610. The Morgan fingerprint density at radius 1 is 1.03 bits per heavy atom. The molecule has 0 heterocycles. The maximum Gasteiger partial charge on any atom is 0.303 e. The Morgan fingerprint density at radius 2 is 1.79 bits per heavy atom. The van der Waals surface area contributed by atoms with Crippen molar-refractivity contribution >= 4 is 5.97 Å². The molecule has 4 rings (SSSR count). The largest absolute Gasteiger partial charge is 0.481 e. The van der Waals surface area contributed by atoms with Crippen LogP contribution in [0.25, 0.3) is 0 Å². The van der Waals surface area contributed by atoms with Crippen molar-refractivity contribution in [3.05, 3.63) is 0 Å². The number of aliphatic carboxylic acids is 1. The van der Waals surface area contributed by atoms with Gasteiger partial charge in [0, 0.05) is 6.42 Å². The van der Waals surface area contributed by atoms with E-state index in [0.29, 0.717) is 35.5 Å². The molecular formula is C25H42O4. The summed E-state index contributed by atoms with van der Waals surface area (Å²) in [7, 11) is 0. The van der Waals surface area contributed by atoms with Crippen LogP contribution in [0.15, 0.2) is 0 Å². The molecule has 0 saturated heterocycles. The van der Waals surface area contributed by atoms with Crippen molar-refractivity contribution in [2.75, 3.05) is 0 Å². The first kappa shape index (κ1) is 21.6. The summed E-state index contributed by atoms with van der Waals surface area (Å²) < 4.78 is 0. The van der Waals surface area contributed by atoms with Crippen LogP contribution in [-0.4, -0.2) is 33.5 Å². The van der Waals surface area contributed by atoms with Crippen LogP contribution in [0.3, 0.4) is 0 Å². The van der Waals surface area contributed by atoms with Crippen molar-refractivity contribution < 1.29 is 20.1 Å². The standard InChI is InChI=1S/C25H42O4/c1-15(4-7-22(28)29)18-5-6-20-23-19(9-11-25(18,20)3)24(2)10-8-17(26)12-16(14-24)13-21(23)27/h15-21,23,26-27H,4-14H2,1-3H3,(H,28,29)/t15-,16-,17-,18-,19+,20+,21+,23-,24+,25-/m1/s1. The van der Waals surface area contributed by atoms with E-state index in [0.717, 1.165) is 32.1 Å². The fraction of sp³-hybridized carbons (Fsp3) is 0.960. The second kappa shape index (κ2) is 7.82. The number of aliphatic hydroxyl groups excluding tert-OH is 2. The van der Waals surface area contributed by atoms with Crippen LogP contribution in [0.5, 0.6) is 0 Å². The van der Waals surface area contributed by atoms with Gasteiger partial charge in [-0.15, -0.1) is 0 Å². The zero-order chi connectivity index (χ0) is 21.0. The molecule has 4 saturated carbocycles. The fourth-order valence-corrected chi connectivity index (χ4v) is 8.93. The minimum atomic E-state index is -0.682. The molecule has 0 aliphatic heterocycles. The number of aliphatic hydroxyl groups is 2. The lowest BCUT2D eigenvalue weighted by molar-refractivity contribution is -0.137. The van der Waals surface area contributed by atoms with Gasteiger partial charge in [0.15, 0.2) is 0 Å². The predicted molar refractivity (Wildman–Crippen MR) is 113 cm³/mol. The van der Waals surface area contributed by atoms with Crippen LogP contribution >= 0.6 is 0 Å². The molecule has 4 aliphatic rings. The molecule has 0 aromatic rings. The minimum absolute atomic E-state index is 0.189. The van der Waals surface area contributed by atoms with Crippen molar-refractivity contribution in [2.45, 2.75) is 104 Å². The van der Waals surface area contributed by atoms with Crippen LogP contribution in [0.2, 0.25) is 0 Å². The van der Waals surface area contributed by atoms with E-state index < -0.39 is 5.97 Å². The average Bonchev–Trinajstić information content (AvgIpc) is 2.87. The van der Waals surface area contributed by atoms with E-state index in [1.807, 2.05) is 0 Å². The van der Waals surface area contributed by atoms with Gasteiger partial charge in [0.2, 0.25) is 0 Å². The quantitative estimate of drug-likeness (QED) is 0.622. The Balaban J connectivity index is 1.59. The first-order valence-corrected chi connectivity index (χ1v) is 12.2. The normalized spacial score (nSPS) is 50.7. The van der Waals surface area contributed by atoms with E-state index in [2.05, 4.69) is 20.8 Å². The molecule has 4 fully saturated rings. The number of fused-ring (bicyclic) bond motifs is 6. The molecule has 0 spiro atoms. The highest BCUT2D eigenvalue weighted by Crippen LogP contribution is 2.66. The van der Waals surface area contributed by atoms with Gasteiger partial charge in [0.05, 0.1) is 12.2 Å². The third-order valence-corrected chi connectivity index (χ3v) is 10.2. The Bertz CT molecular complexity index is 620. The van der Waals surface area contributed by atoms with Crippen LogP contribution in [0.1, 0.15) is 91.4 Å². The molecule has 3 N–H and O–H groups in total. The highest BCUT2D eigenvalue weighted by atomic mass is 16.4. The third kappa shape index (κ3) is 3.78. The first-order chi connectivity index (χ1) is 13.6. The molecule has 10 atom stereocenters. The van der Waals surface area contributed by atoms with Crippen LogP contribution in [-0.2, 0) is 4.79 Å². The monoisotopic (exact) mass is 406 g/mol. The fourth-order valence-electron chi connectivity index (χ4n) is 8.93. The lowest BCUT2D eigenvalue weighted by Crippen LogP contribution is -2.50. The SMILES string of the molecule is C[C@H](CCC(=O)O)[C@H]1CC[C@H]2[C@@H]3[C@@H](O)C[C@H]4C[C@H](O)CC[C@@](C)(C4)[C@H]3CC[C@]12C. The molecule has 29 heavy (non-hydrogen) atoms. The van der Waals surface area contributed by atoms with Gasteiger partial charge in [0.25, 0.3) is 0 Å². The number of carboxylic acid groups (broad SMARTS) is 1. The van der Waals surface area contributed by atoms with E-state index in [4.69, 9.17) is 5.11 Å². The number of rotatable bonds is 4. The summed E-state index contributed by atoms with van der Waals surface area (Å²) in [6.45, 7) is 7.18. The molecule has 0 aromatic heterocycles. The van der Waals surface area contributed by atoms with Crippen molar-refractivity contribution in [1.82, 2.24) is 0 Å². The molecule has 4 aliphatic carbocycles. The van der Waals surface area contributed by atoms with Gasteiger partial charge < -0.3 is 15.3 Å². The molecule has 0 radical (unpaired) electrons. The smallest absolute Gasteiger partial charge is 0.303 e. The third-order valence-electron chi connectivity index (χ3n) is 10.2. The summed E-state index contributed by atoms with van der Waals surface area (Å²) in [5.41, 5.74) is 0.489. The van der Waals surface area contributed by atoms with Crippen LogP contribution in [0.4, 0.5) is 0 Å². The molecule has 0 unspecified atom stereocenters. The summed E-state index contributed by atoms with van der Waals surface area (Å²) >= 11 is 0. The van der Waals surface area contributed by atoms with Gasteiger partial charge in [-0.1, -0.05) is 20.8 Å². The summed E-state index contributed by atoms with van der Waals surface area (Å²) in [5.74, 6) is 2.31. The van der Waals surface area contributed by atoms with Gasteiger partial charge in [-0.2, -0.15) is 0 Å². The van der Waals surface area contributed by atoms with Crippen molar-refractivity contribution in [1.29, 1.82) is 0 Å². The van der Waals surface area contributed by atoms with Crippen molar-refractivity contribution in [3.63, 3.8) is 0 Å². The second-order valence-electron chi connectivity index (χ2n) is 11.9. The van der Waals surface area contributed by atoms with E-state index in [-0.39, 0.29) is 29.5 Å². The number of hydrogen-bond acceptors (Lipinski definition) is 3. The molecule has 2 bridgehead atoms. The van der Waals surface area contributed by atoms with E-state index in [9.17, 15) is 15.0 Å². The Kier molecular flexibility index (Phi) is 5.83. The summed E-state index contributed by atoms with van der Waals surface area (Å²) in [6.07, 6.45) is 10.3. The maximum absolute atomic E-state index is 11.4. The zero-order valence-electron chi connectivity index (χ0n) is 18.6. The van der Waals surface area contributed by atoms with Gasteiger partial charge in [0.1, 0.15) is 0 Å². The van der Waals surface area contributed by atoms with E-state index >= 15 is 0 Å². The van der Waals surface area contributed by atoms with E-state index in [1.165, 1.54) is 32.1 Å². The average molecular weight is 407 g/mol. The lowest BCUT2D eigenvalue weighted by atomic mass is 9.51. The summed E-state index contributed by atoms with van der Waals surface area (Å²) in [4.78, 5) is 11.1. The molecule has 4 nitrogen and oxygen atoms in total. The Morgan fingerprint density at radius 3 is 2.52 bits per heavy atom. The van der Waals surface area contributed by atoms with Gasteiger partial charge >= 0.3 is 5.97 Å². The number of carboxylic acids is 1. The van der Waals surface area contributed by atoms with Gasteiger partial charge in [-0.3, -0.25) is 4.79 Å². The molecule has 0 aromatic carbocycles. The van der Waals surface area contributed by atoms with Crippen LogP contribution < -0.4 is 0 Å². The highest BCUT2D eigenvalue weighted by molar-refractivity contribution is 5.66. The second-order valence-corrected chi connectivity index (χ2v) is 11.9. The van der Waals surface area contributed by atoms with Crippen molar-refractivity contribution in [2.24, 2.45) is 46.3 Å². The predicted octanol–water partition coefficient (Wildman–Crippen LogP) is 4.87. The number of carbonyl (C=O) groups is 1. The summed E-state index contributed by atoms with van der Waals surface area (Å²) in [5, 5.41) is 30.9. The minimum Gasteiger partial charge on any atom is -0.481 e. The molecule has 166 valence electrons. The lowest BCUT2D eigenvalue weighted by Gasteiger charge is -2.55. The first-order valence-electron chi connectivity index (χ1n) is 12.2. The maximum atomic E-state index is 11.4. The zero-order valence-corrected chi connectivity index (χ0v) is 18.6. The molecular weight excluding hydrogens is 364 g/mol. The van der Waals surface area contributed by atoms with Gasteiger partial charge in [-0.05, 0) is 111 Å². The number of hydrogen-bond donors (Lipinski definition) is 3. The highest BCUT2D eigenvalue weighted by Gasteiger charge is 2.60. The van der Waals surface area contributed by atoms with E-state index in [1.54, 1.807) is 0 Å². The Labute approximate surface area is 176 Å².